The molecule has 1 heterocycles. The summed E-state index contributed by atoms with van der Waals surface area (Å²) in [6.07, 6.45) is 8.26. The Morgan fingerprint density at radius 1 is 1.15 bits per heavy atom. The number of hydrogen-bond acceptors (Lipinski definition) is 2. The lowest BCUT2D eigenvalue weighted by Gasteiger charge is -2.54. The number of nitrogens with one attached hydrogen (secondary N) is 1. The third kappa shape index (κ3) is 2.03. The second kappa shape index (κ2) is 4.73. The van der Waals surface area contributed by atoms with Crippen LogP contribution in [0.4, 0.5) is 0 Å². The maximum absolute atomic E-state index is 12.4. The zero-order chi connectivity index (χ0) is 13.7. The molecule has 4 aliphatic carbocycles. The van der Waals surface area contributed by atoms with Crippen molar-refractivity contribution >= 4 is 17.5 Å². The summed E-state index contributed by atoms with van der Waals surface area (Å²) in [6, 6.07) is 3.87. The fourth-order valence-electron chi connectivity index (χ4n) is 4.95. The number of pyridine rings is 1. The van der Waals surface area contributed by atoms with Gasteiger partial charge in [-0.1, -0.05) is 11.6 Å². The molecule has 1 aromatic heterocycles. The number of hydrogen-bond donors (Lipinski definition) is 1. The highest BCUT2D eigenvalue weighted by atomic mass is 35.5. The van der Waals surface area contributed by atoms with Crippen LogP contribution in [-0.2, 0) is 0 Å². The Labute approximate surface area is 124 Å². The van der Waals surface area contributed by atoms with E-state index in [1.165, 1.54) is 32.1 Å². The number of aromatic nitrogens is 1. The molecule has 1 aromatic rings. The number of nitrogens with zero attached hydrogens (tertiary/aromatic N) is 1. The molecule has 4 fully saturated rings. The fourth-order valence-corrected chi connectivity index (χ4v) is 5.15. The van der Waals surface area contributed by atoms with Crippen molar-refractivity contribution in [2.45, 2.75) is 38.1 Å². The molecule has 4 saturated carbocycles. The van der Waals surface area contributed by atoms with Gasteiger partial charge in [0.15, 0.2) is 0 Å². The van der Waals surface area contributed by atoms with E-state index in [1.807, 2.05) is 0 Å². The molecule has 1 amide bonds. The Kier molecular flexibility index (Phi) is 2.99. The van der Waals surface area contributed by atoms with E-state index in [9.17, 15) is 4.79 Å². The molecule has 0 saturated heterocycles. The highest BCUT2D eigenvalue weighted by Gasteiger charge is 2.48. The van der Waals surface area contributed by atoms with Crippen LogP contribution in [0.15, 0.2) is 18.3 Å². The van der Waals surface area contributed by atoms with E-state index < -0.39 is 0 Å². The number of carbonyl (C=O) groups is 1. The summed E-state index contributed by atoms with van der Waals surface area (Å²) in [5.74, 6) is 3.16. The first-order valence-corrected chi connectivity index (χ1v) is 8.00. The highest BCUT2D eigenvalue weighted by molar-refractivity contribution is 6.32. The van der Waals surface area contributed by atoms with Gasteiger partial charge >= 0.3 is 0 Å². The Morgan fingerprint density at radius 3 is 2.40 bits per heavy atom. The summed E-state index contributed by atoms with van der Waals surface area (Å²) in [5.41, 5.74) is 0.503. The van der Waals surface area contributed by atoms with Gasteiger partial charge in [0.1, 0.15) is 5.15 Å². The Hall–Kier alpha value is -1.09. The van der Waals surface area contributed by atoms with Crippen LogP contribution in [-0.4, -0.2) is 16.9 Å². The molecule has 4 aliphatic rings. The molecule has 0 radical (unpaired) electrons. The lowest BCUT2D eigenvalue weighted by atomic mass is 9.54. The van der Waals surface area contributed by atoms with Crippen molar-refractivity contribution < 1.29 is 4.79 Å². The fraction of sp³-hybridized carbons (Fsp3) is 0.625. The molecule has 0 atom stereocenters. The van der Waals surface area contributed by atoms with Gasteiger partial charge in [0.05, 0.1) is 5.56 Å². The monoisotopic (exact) mass is 290 g/mol. The average Bonchev–Trinajstić information content (AvgIpc) is 2.42. The van der Waals surface area contributed by atoms with Crippen molar-refractivity contribution in [1.82, 2.24) is 10.3 Å². The van der Waals surface area contributed by atoms with Gasteiger partial charge in [-0.25, -0.2) is 4.98 Å². The number of amides is 1. The topological polar surface area (TPSA) is 42.0 Å². The first-order chi connectivity index (χ1) is 9.70. The Bertz CT molecular complexity index is 517. The van der Waals surface area contributed by atoms with Crippen LogP contribution in [0.25, 0.3) is 0 Å². The predicted octanol–water partition coefficient (Wildman–Crippen LogP) is 3.29. The SMILES string of the molecule is O=C(NC1C2CC3CC(C2)CC1C3)c1cccnc1Cl. The summed E-state index contributed by atoms with van der Waals surface area (Å²) in [4.78, 5) is 16.4. The van der Waals surface area contributed by atoms with E-state index >= 15 is 0 Å². The maximum Gasteiger partial charge on any atom is 0.254 e. The van der Waals surface area contributed by atoms with Crippen molar-refractivity contribution in [3.63, 3.8) is 0 Å². The van der Waals surface area contributed by atoms with E-state index in [2.05, 4.69) is 10.3 Å². The lowest BCUT2D eigenvalue weighted by Crippen LogP contribution is -2.55. The van der Waals surface area contributed by atoms with Crippen molar-refractivity contribution in [3.05, 3.63) is 29.0 Å². The molecule has 106 valence electrons. The van der Waals surface area contributed by atoms with Crippen LogP contribution in [0.5, 0.6) is 0 Å². The van der Waals surface area contributed by atoms with Crippen LogP contribution in [0.3, 0.4) is 0 Å². The first kappa shape index (κ1) is 12.6. The molecular weight excluding hydrogens is 272 g/mol. The molecule has 1 N–H and O–H groups in total. The van der Waals surface area contributed by atoms with Crippen LogP contribution in [0.2, 0.25) is 5.15 Å². The van der Waals surface area contributed by atoms with Gasteiger partial charge in [-0.2, -0.15) is 0 Å². The van der Waals surface area contributed by atoms with E-state index in [1.54, 1.807) is 18.3 Å². The molecular formula is C16H19ClN2O. The molecule has 0 aromatic carbocycles. The summed E-state index contributed by atoms with van der Waals surface area (Å²) >= 11 is 6.02. The highest BCUT2D eigenvalue weighted by Crippen LogP contribution is 2.53. The Balaban J connectivity index is 1.52. The first-order valence-electron chi connectivity index (χ1n) is 7.62. The lowest BCUT2D eigenvalue weighted by molar-refractivity contribution is -0.0119. The van der Waals surface area contributed by atoms with Crippen molar-refractivity contribution in [2.75, 3.05) is 0 Å². The Morgan fingerprint density at radius 2 is 1.80 bits per heavy atom. The van der Waals surface area contributed by atoms with E-state index in [-0.39, 0.29) is 5.91 Å². The summed E-state index contributed by atoms with van der Waals surface area (Å²) in [6.45, 7) is 0. The zero-order valence-electron chi connectivity index (χ0n) is 11.4. The second-order valence-corrected chi connectivity index (χ2v) is 7.13. The molecule has 4 bridgehead atoms. The average molecular weight is 291 g/mol. The summed E-state index contributed by atoms with van der Waals surface area (Å²) in [5, 5.41) is 3.56. The van der Waals surface area contributed by atoms with Crippen molar-refractivity contribution in [1.29, 1.82) is 0 Å². The van der Waals surface area contributed by atoms with Gasteiger partial charge in [0.2, 0.25) is 0 Å². The van der Waals surface area contributed by atoms with Crippen LogP contribution in [0.1, 0.15) is 42.5 Å². The molecule has 3 nitrogen and oxygen atoms in total. The van der Waals surface area contributed by atoms with E-state index in [0.29, 0.717) is 28.6 Å². The van der Waals surface area contributed by atoms with Crippen molar-refractivity contribution in [3.8, 4) is 0 Å². The summed E-state index contributed by atoms with van der Waals surface area (Å²) < 4.78 is 0. The zero-order valence-corrected chi connectivity index (χ0v) is 12.1. The third-order valence-electron chi connectivity index (χ3n) is 5.53. The minimum Gasteiger partial charge on any atom is -0.349 e. The predicted molar refractivity (Wildman–Crippen MR) is 77.5 cm³/mol. The quantitative estimate of drug-likeness (QED) is 0.849. The van der Waals surface area contributed by atoms with Gasteiger partial charge in [0.25, 0.3) is 5.91 Å². The van der Waals surface area contributed by atoms with E-state index in [0.717, 1.165) is 11.8 Å². The van der Waals surface area contributed by atoms with Crippen LogP contribution >= 0.6 is 11.6 Å². The van der Waals surface area contributed by atoms with Gasteiger partial charge in [-0.15, -0.1) is 0 Å². The molecule has 4 heteroatoms. The molecule has 20 heavy (non-hydrogen) atoms. The molecule has 5 rings (SSSR count). The van der Waals surface area contributed by atoms with Crippen molar-refractivity contribution in [2.24, 2.45) is 23.7 Å². The number of halogens is 1. The smallest absolute Gasteiger partial charge is 0.254 e. The normalized spacial score (nSPS) is 38.0. The minimum atomic E-state index is -0.0550. The second-order valence-electron chi connectivity index (χ2n) is 6.77. The largest absolute Gasteiger partial charge is 0.349 e. The standard InChI is InChI=1S/C16H19ClN2O/c17-15-13(2-1-3-18-15)16(20)19-14-11-5-9-4-10(7-11)8-12(14)6-9/h1-3,9-12,14H,4-8H2,(H,19,20). The molecule has 0 aliphatic heterocycles. The summed E-state index contributed by atoms with van der Waals surface area (Å²) in [7, 11) is 0. The van der Waals surface area contributed by atoms with Gasteiger partial charge in [-0.3, -0.25) is 4.79 Å². The molecule has 0 unspecified atom stereocenters. The maximum atomic E-state index is 12.4. The van der Waals surface area contributed by atoms with Gasteiger partial charge in [0, 0.05) is 12.2 Å². The number of rotatable bonds is 2. The van der Waals surface area contributed by atoms with Gasteiger partial charge in [-0.05, 0) is 67.9 Å². The van der Waals surface area contributed by atoms with E-state index in [4.69, 9.17) is 11.6 Å². The van der Waals surface area contributed by atoms with Crippen LogP contribution in [0, 0.1) is 23.7 Å². The van der Waals surface area contributed by atoms with Gasteiger partial charge < -0.3 is 5.32 Å². The minimum absolute atomic E-state index is 0.0550. The van der Waals surface area contributed by atoms with Crippen LogP contribution < -0.4 is 5.32 Å². The molecule has 0 spiro atoms. The number of carbonyl (C=O) groups excluding carboxylic acids is 1. The third-order valence-corrected chi connectivity index (χ3v) is 5.83.